The molecule has 1 unspecified atom stereocenters. The van der Waals surface area contributed by atoms with Crippen molar-refractivity contribution in [3.05, 3.63) is 65.7 Å². The van der Waals surface area contributed by atoms with Gasteiger partial charge in [0.2, 0.25) is 5.91 Å². The van der Waals surface area contributed by atoms with E-state index in [1.165, 1.54) is 0 Å². The third kappa shape index (κ3) is 4.60. The Balaban J connectivity index is 1.72. The van der Waals surface area contributed by atoms with Crippen molar-refractivity contribution < 1.29 is 9.53 Å². The smallest absolute Gasteiger partial charge is 0.229 e. The quantitative estimate of drug-likeness (QED) is 0.812. The second-order valence-electron chi connectivity index (χ2n) is 6.87. The van der Waals surface area contributed by atoms with Crippen molar-refractivity contribution in [3.63, 3.8) is 0 Å². The summed E-state index contributed by atoms with van der Waals surface area (Å²) in [4.78, 5) is 17.2. The number of nitrogens with zero attached hydrogens (tertiary/aromatic N) is 2. The average Bonchev–Trinajstić information content (AvgIpc) is 2.65. The number of fused-ring (bicyclic) bond motifs is 1. The molecule has 1 amide bonds. The van der Waals surface area contributed by atoms with Gasteiger partial charge in [0.1, 0.15) is 12.4 Å². The third-order valence-corrected chi connectivity index (χ3v) is 4.57. The van der Waals surface area contributed by atoms with Gasteiger partial charge in [-0.3, -0.25) is 4.79 Å². The number of hydrogen-bond acceptors (Lipinski definition) is 3. The summed E-state index contributed by atoms with van der Waals surface area (Å²) in [5.41, 5.74) is 2.28. The topological polar surface area (TPSA) is 32.8 Å². The minimum atomic E-state index is -0.110. The number of benzene rings is 2. The standard InChI is InChI=1S/C21H26N2O2/c1-22(2)12-13-23(15-17-8-4-3-5-9-17)21(24)19-14-18-10-6-7-11-20(18)25-16-19/h3-11,19H,12-16H2,1-2H3. The van der Waals surface area contributed by atoms with Gasteiger partial charge in [-0.2, -0.15) is 0 Å². The molecule has 2 aromatic carbocycles. The predicted molar refractivity (Wildman–Crippen MR) is 99.5 cm³/mol. The number of carbonyl (C=O) groups excluding carboxylic acids is 1. The van der Waals surface area contributed by atoms with Gasteiger partial charge < -0.3 is 14.5 Å². The van der Waals surface area contributed by atoms with Gasteiger partial charge in [0, 0.05) is 19.6 Å². The van der Waals surface area contributed by atoms with Crippen molar-refractivity contribution >= 4 is 5.91 Å². The van der Waals surface area contributed by atoms with Gasteiger partial charge in [-0.25, -0.2) is 0 Å². The van der Waals surface area contributed by atoms with E-state index in [0.717, 1.165) is 36.4 Å². The fraction of sp³-hybridized carbons (Fsp3) is 0.381. The molecule has 25 heavy (non-hydrogen) atoms. The molecule has 1 heterocycles. The van der Waals surface area contributed by atoms with Gasteiger partial charge in [0.05, 0.1) is 5.92 Å². The normalized spacial score (nSPS) is 16.2. The largest absolute Gasteiger partial charge is 0.492 e. The third-order valence-electron chi connectivity index (χ3n) is 4.57. The second-order valence-corrected chi connectivity index (χ2v) is 6.87. The van der Waals surface area contributed by atoms with Crippen molar-refractivity contribution in [1.29, 1.82) is 0 Å². The van der Waals surface area contributed by atoms with Gasteiger partial charge >= 0.3 is 0 Å². The van der Waals surface area contributed by atoms with Gasteiger partial charge in [0.15, 0.2) is 0 Å². The van der Waals surface area contributed by atoms with Gasteiger partial charge in [0.25, 0.3) is 0 Å². The van der Waals surface area contributed by atoms with E-state index in [0.29, 0.717) is 13.2 Å². The van der Waals surface area contributed by atoms with Crippen LogP contribution in [-0.2, 0) is 17.8 Å². The van der Waals surface area contributed by atoms with Crippen LogP contribution in [0.1, 0.15) is 11.1 Å². The van der Waals surface area contributed by atoms with Crippen LogP contribution in [0.3, 0.4) is 0 Å². The monoisotopic (exact) mass is 338 g/mol. The number of amides is 1. The van der Waals surface area contributed by atoms with Gasteiger partial charge in [-0.05, 0) is 37.7 Å². The van der Waals surface area contributed by atoms with Crippen molar-refractivity contribution in [2.45, 2.75) is 13.0 Å². The first-order valence-electron chi connectivity index (χ1n) is 8.81. The minimum Gasteiger partial charge on any atom is -0.492 e. The zero-order valence-electron chi connectivity index (χ0n) is 15.0. The maximum atomic E-state index is 13.2. The molecule has 1 aliphatic rings. The molecule has 1 aliphatic heterocycles. The van der Waals surface area contributed by atoms with Crippen LogP contribution in [0.5, 0.6) is 5.75 Å². The minimum absolute atomic E-state index is 0.110. The Morgan fingerprint density at radius 3 is 2.52 bits per heavy atom. The zero-order valence-corrected chi connectivity index (χ0v) is 15.0. The molecule has 0 N–H and O–H groups in total. The van der Waals surface area contributed by atoms with Crippen LogP contribution in [0.25, 0.3) is 0 Å². The summed E-state index contributed by atoms with van der Waals surface area (Å²) in [5.74, 6) is 0.982. The average molecular weight is 338 g/mol. The molecular formula is C21H26N2O2. The number of hydrogen-bond donors (Lipinski definition) is 0. The number of ether oxygens (including phenoxy) is 1. The molecule has 0 saturated carbocycles. The van der Waals surface area contributed by atoms with Crippen LogP contribution in [0.2, 0.25) is 0 Å². The van der Waals surface area contributed by atoms with Gasteiger partial charge in [-0.15, -0.1) is 0 Å². The summed E-state index contributed by atoms with van der Waals surface area (Å²) in [7, 11) is 4.07. The van der Waals surface area contributed by atoms with E-state index in [-0.39, 0.29) is 11.8 Å². The van der Waals surface area contributed by atoms with E-state index >= 15 is 0 Å². The summed E-state index contributed by atoms with van der Waals surface area (Å²) >= 11 is 0. The highest BCUT2D eigenvalue weighted by Gasteiger charge is 2.29. The molecule has 4 heteroatoms. The molecule has 0 aliphatic carbocycles. The van der Waals surface area contributed by atoms with Crippen molar-refractivity contribution in [3.8, 4) is 5.75 Å². The molecule has 0 bridgehead atoms. The fourth-order valence-corrected chi connectivity index (χ4v) is 3.14. The van der Waals surface area contributed by atoms with Crippen LogP contribution in [0.15, 0.2) is 54.6 Å². The van der Waals surface area contributed by atoms with Crippen molar-refractivity contribution in [2.75, 3.05) is 33.8 Å². The fourth-order valence-electron chi connectivity index (χ4n) is 3.14. The number of para-hydroxylation sites is 1. The van der Waals surface area contributed by atoms with E-state index < -0.39 is 0 Å². The first kappa shape index (κ1) is 17.5. The Morgan fingerprint density at radius 2 is 1.76 bits per heavy atom. The van der Waals surface area contributed by atoms with Gasteiger partial charge in [-0.1, -0.05) is 48.5 Å². The molecule has 0 radical (unpaired) electrons. The van der Waals surface area contributed by atoms with E-state index in [1.807, 2.05) is 55.4 Å². The summed E-state index contributed by atoms with van der Waals surface area (Å²) in [6.45, 7) is 2.68. The lowest BCUT2D eigenvalue weighted by molar-refractivity contribution is -0.137. The Bertz CT molecular complexity index is 700. The maximum absolute atomic E-state index is 13.2. The SMILES string of the molecule is CN(C)CCN(Cc1ccccc1)C(=O)C1COc2ccccc2C1. The highest BCUT2D eigenvalue weighted by atomic mass is 16.5. The molecule has 1 atom stereocenters. The van der Waals surface area contributed by atoms with E-state index in [1.54, 1.807) is 0 Å². The number of rotatable bonds is 6. The lowest BCUT2D eigenvalue weighted by Gasteiger charge is -2.31. The maximum Gasteiger partial charge on any atom is 0.229 e. The van der Waals surface area contributed by atoms with Crippen molar-refractivity contribution in [1.82, 2.24) is 9.80 Å². The lowest BCUT2D eigenvalue weighted by atomic mass is 9.95. The van der Waals surface area contributed by atoms with Crippen LogP contribution >= 0.6 is 0 Å². The van der Waals surface area contributed by atoms with E-state index in [4.69, 9.17) is 4.74 Å². The summed E-state index contributed by atoms with van der Waals surface area (Å²) in [5, 5.41) is 0. The molecule has 0 saturated heterocycles. The summed E-state index contributed by atoms with van der Waals surface area (Å²) in [6, 6.07) is 18.2. The van der Waals surface area contributed by atoms with Crippen LogP contribution in [0, 0.1) is 5.92 Å². The van der Waals surface area contributed by atoms with E-state index in [9.17, 15) is 4.79 Å². The molecule has 2 aromatic rings. The second kappa shape index (κ2) is 8.17. The molecule has 4 nitrogen and oxygen atoms in total. The van der Waals surface area contributed by atoms with Crippen LogP contribution < -0.4 is 4.74 Å². The molecule has 0 fully saturated rings. The highest BCUT2D eigenvalue weighted by Crippen LogP contribution is 2.28. The summed E-state index contributed by atoms with van der Waals surface area (Å²) < 4.78 is 5.83. The van der Waals surface area contributed by atoms with E-state index in [2.05, 4.69) is 23.1 Å². The Morgan fingerprint density at radius 1 is 1.04 bits per heavy atom. The number of likely N-dealkylation sites (N-methyl/N-ethyl adjacent to an activating group) is 1. The Labute approximate surface area is 150 Å². The van der Waals surface area contributed by atoms with Crippen LogP contribution in [-0.4, -0.2) is 49.5 Å². The van der Waals surface area contributed by atoms with Crippen LogP contribution in [0.4, 0.5) is 0 Å². The van der Waals surface area contributed by atoms with Crippen molar-refractivity contribution in [2.24, 2.45) is 5.92 Å². The molecule has 3 rings (SSSR count). The first-order valence-corrected chi connectivity index (χ1v) is 8.81. The Hall–Kier alpha value is -2.33. The lowest BCUT2D eigenvalue weighted by Crippen LogP contribution is -2.43. The molecule has 0 aromatic heterocycles. The highest BCUT2D eigenvalue weighted by molar-refractivity contribution is 5.79. The molecule has 0 spiro atoms. The molecular weight excluding hydrogens is 312 g/mol. The summed E-state index contributed by atoms with van der Waals surface area (Å²) in [6.07, 6.45) is 0.752. The zero-order chi connectivity index (χ0) is 17.6. The Kier molecular flexibility index (Phi) is 5.71. The molecule has 132 valence electrons. The number of carbonyl (C=O) groups is 1. The first-order chi connectivity index (χ1) is 12.1. The predicted octanol–water partition coefficient (Wildman–Crippen LogP) is 2.83.